The fourth-order valence-electron chi connectivity index (χ4n) is 2.51. The molecule has 0 unspecified atom stereocenters. The minimum atomic E-state index is -3.83. The van der Waals surface area contributed by atoms with Crippen molar-refractivity contribution in [1.29, 1.82) is 0 Å². The number of hydrogen-bond donors (Lipinski definition) is 1. The Hall–Kier alpha value is -3.33. The van der Waals surface area contributed by atoms with Crippen LogP contribution < -0.4 is 18.9 Å². The highest BCUT2D eigenvalue weighted by Gasteiger charge is 2.18. The largest absolute Gasteiger partial charge is 0.497 e. The van der Waals surface area contributed by atoms with Crippen LogP contribution in [0, 0.1) is 6.92 Å². The van der Waals surface area contributed by atoms with E-state index in [0.29, 0.717) is 11.5 Å². The first kappa shape index (κ1) is 20.4. The number of hydrogen-bond acceptors (Lipinski definition) is 7. The Morgan fingerprint density at radius 3 is 2.17 bits per heavy atom. The van der Waals surface area contributed by atoms with E-state index in [1.807, 2.05) is 6.92 Å². The van der Waals surface area contributed by atoms with Crippen molar-refractivity contribution >= 4 is 15.8 Å². The van der Waals surface area contributed by atoms with Gasteiger partial charge in [0, 0.05) is 18.5 Å². The van der Waals surface area contributed by atoms with Crippen LogP contribution in [-0.4, -0.2) is 32.6 Å². The summed E-state index contributed by atoms with van der Waals surface area (Å²) in [6.45, 7) is 2.00. The van der Waals surface area contributed by atoms with Gasteiger partial charge in [0.1, 0.15) is 18.1 Å². The lowest BCUT2D eigenvalue weighted by atomic mass is 10.2. The number of nitrogens with one attached hydrogen (secondary N) is 1. The number of aryl methyl sites for hydroxylation is 1. The summed E-state index contributed by atoms with van der Waals surface area (Å²) in [6, 6.07) is 11.8. The second-order valence-corrected chi connectivity index (χ2v) is 7.82. The van der Waals surface area contributed by atoms with Gasteiger partial charge in [0.15, 0.2) is 0 Å². The third-order valence-corrected chi connectivity index (χ3v) is 5.37. The van der Waals surface area contributed by atoms with Crippen LogP contribution in [0.15, 0.2) is 59.8 Å². The number of nitrogens with zero attached hydrogens (tertiary/aromatic N) is 2. The van der Waals surface area contributed by atoms with Gasteiger partial charge in [-0.3, -0.25) is 4.72 Å². The zero-order valence-corrected chi connectivity index (χ0v) is 17.1. The molecule has 0 spiro atoms. The van der Waals surface area contributed by atoms with Gasteiger partial charge in [-0.2, -0.15) is 0 Å². The molecule has 3 aromatic rings. The third kappa shape index (κ3) is 5.14. The maximum absolute atomic E-state index is 12.6. The summed E-state index contributed by atoms with van der Waals surface area (Å²) in [6.07, 6.45) is 2.81. The standard InChI is InChI=1S/C20H21N3O5S/c1-14-4-6-18(7-5-14)29(24,25)23-19-20(22-9-8-21-19)28-13-15-10-16(26-2)12-17(11-15)27-3/h4-12H,13H2,1-3H3,(H,21,23). The van der Waals surface area contributed by atoms with Gasteiger partial charge in [0.05, 0.1) is 19.1 Å². The van der Waals surface area contributed by atoms with Gasteiger partial charge < -0.3 is 14.2 Å². The van der Waals surface area contributed by atoms with Crippen LogP contribution in [0.4, 0.5) is 5.82 Å². The van der Waals surface area contributed by atoms with Crippen molar-refractivity contribution < 1.29 is 22.6 Å². The number of ether oxygens (including phenoxy) is 3. The molecule has 0 aliphatic carbocycles. The van der Waals surface area contributed by atoms with E-state index in [9.17, 15) is 8.42 Å². The second-order valence-electron chi connectivity index (χ2n) is 6.14. The lowest BCUT2D eigenvalue weighted by Crippen LogP contribution is -2.15. The number of methoxy groups -OCH3 is 2. The molecule has 1 N–H and O–H groups in total. The van der Waals surface area contributed by atoms with Crippen molar-refractivity contribution in [3.05, 3.63) is 66.0 Å². The molecular formula is C20H21N3O5S. The molecule has 0 radical (unpaired) electrons. The lowest BCUT2D eigenvalue weighted by molar-refractivity contribution is 0.292. The normalized spacial score (nSPS) is 11.0. The minimum absolute atomic E-state index is 0.00272. The smallest absolute Gasteiger partial charge is 0.263 e. The van der Waals surface area contributed by atoms with Crippen molar-refractivity contribution in [3.8, 4) is 17.4 Å². The molecular weight excluding hydrogens is 394 g/mol. The first-order valence-electron chi connectivity index (χ1n) is 8.66. The Morgan fingerprint density at radius 2 is 1.55 bits per heavy atom. The second kappa shape index (κ2) is 8.78. The molecule has 2 aromatic carbocycles. The Morgan fingerprint density at radius 1 is 0.931 bits per heavy atom. The van der Waals surface area contributed by atoms with Crippen LogP contribution in [0.2, 0.25) is 0 Å². The fraction of sp³-hybridized carbons (Fsp3) is 0.200. The minimum Gasteiger partial charge on any atom is -0.497 e. The monoisotopic (exact) mass is 415 g/mol. The van der Waals surface area contributed by atoms with Gasteiger partial charge in [0.2, 0.25) is 5.82 Å². The summed E-state index contributed by atoms with van der Waals surface area (Å²) in [7, 11) is -0.718. The summed E-state index contributed by atoms with van der Waals surface area (Å²) in [5.74, 6) is 1.29. The highest BCUT2D eigenvalue weighted by Crippen LogP contribution is 2.26. The van der Waals surface area contributed by atoms with Gasteiger partial charge in [-0.05, 0) is 36.8 Å². The molecule has 0 bridgehead atoms. The van der Waals surface area contributed by atoms with Crippen LogP contribution in [-0.2, 0) is 16.6 Å². The molecule has 0 fully saturated rings. The molecule has 1 aromatic heterocycles. The molecule has 0 saturated carbocycles. The molecule has 0 amide bonds. The zero-order valence-electron chi connectivity index (χ0n) is 16.2. The van der Waals surface area contributed by atoms with E-state index in [1.54, 1.807) is 44.6 Å². The lowest BCUT2D eigenvalue weighted by Gasteiger charge is -2.13. The van der Waals surface area contributed by atoms with E-state index in [2.05, 4.69) is 14.7 Å². The highest BCUT2D eigenvalue weighted by molar-refractivity contribution is 7.92. The predicted molar refractivity (Wildman–Crippen MR) is 108 cm³/mol. The van der Waals surface area contributed by atoms with Crippen molar-refractivity contribution in [2.45, 2.75) is 18.4 Å². The highest BCUT2D eigenvalue weighted by atomic mass is 32.2. The van der Waals surface area contributed by atoms with Gasteiger partial charge in [-0.1, -0.05) is 17.7 Å². The number of rotatable bonds is 8. The maximum atomic E-state index is 12.6. The van der Waals surface area contributed by atoms with E-state index >= 15 is 0 Å². The van der Waals surface area contributed by atoms with Crippen LogP contribution in [0.3, 0.4) is 0 Å². The first-order valence-corrected chi connectivity index (χ1v) is 10.1. The molecule has 0 atom stereocenters. The van der Waals surface area contributed by atoms with Crippen LogP contribution in [0.1, 0.15) is 11.1 Å². The van der Waals surface area contributed by atoms with Crippen molar-refractivity contribution in [1.82, 2.24) is 9.97 Å². The number of sulfonamides is 1. The summed E-state index contributed by atoms with van der Waals surface area (Å²) in [5, 5.41) is 0. The van der Waals surface area contributed by atoms with Crippen LogP contribution in [0.5, 0.6) is 17.4 Å². The summed E-state index contributed by atoms with van der Waals surface area (Å²) < 4.78 is 43.9. The van der Waals surface area contributed by atoms with Crippen LogP contribution in [0.25, 0.3) is 0 Å². The van der Waals surface area contributed by atoms with Crippen molar-refractivity contribution in [2.24, 2.45) is 0 Å². The molecule has 9 heteroatoms. The summed E-state index contributed by atoms with van der Waals surface area (Å²) >= 11 is 0. The molecule has 29 heavy (non-hydrogen) atoms. The van der Waals surface area contributed by atoms with Crippen molar-refractivity contribution in [3.63, 3.8) is 0 Å². The molecule has 1 heterocycles. The Labute approximate surface area is 169 Å². The Bertz CT molecular complexity index is 1060. The summed E-state index contributed by atoms with van der Waals surface area (Å²) in [5.41, 5.74) is 1.72. The molecule has 0 saturated heterocycles. The number of anilines is 1. The fourth-order valence-corrected chi connectivity index (χ4v) is 3.51. The predicted octanol–water partition coefficient (Wildman–Crippen LogP) is 3.18. The van der Waals surface area contributed by atoms with Crippen LogP contribution >= 0.6 is 0 Å². The van der Waals surface area contributed by atoms with E-state index in [-0.39, 0.29) is 23.2 Å². The Balaban J connectivity index is 1.80. The van der Waals surface area contributed by atoms with Gasteiger partial charge in [-0.25, -0.2) is 18.4 Å². The summed E-state index contributed by atoms with van der Waals surface area (Å²) in [4.78, 5) is 8.28. The number of benzene rings is 2. The van der Waals surface area contributed by atoms with E-state index in [1.165, 1.54) is 24.5 Å². The van der Waals surface area contributed by atoms with Gasteiger partial charge in [0.25, 0.3) is 15.9 Å². The van der Waals surface area contributed by atoms with E-state index < -0.39 is 10.0 Å². The molecule has 152 valence electrons. The molecule has 8 nitrogen and oxygen atoms in total. The zero-order chi connectivity index (χ0) is 20.9. The van der Waals surface area contributed by atoms with Crippen molar-refractivity contribution in [2.75, 3.05) is 18.9 Å². The molecule has 3 rings (SSSR count). The Kier molecular flexibility index (Phi) is 6.18. The van der Waals surface area contributed by atoms with E-state index in [0.717, 1.165) is 11.1 Å². The average Bonchev–Trinajstić information content (AvgIpc) is 2.73. The number of aromatic nitrogens is 2. The average molecular weight is 415 g/mol. The maximum Gasteiger partial charge on any atom is 0.263 e. The third-order valence-electron chi connectivity index (χ3n) is 4.01. The SMILES string of the molecule is COc1cc(COc2nccnc2NS(=O)(=O)c2ccc(C)cc2)cc(OC)c1. The molecule has 0 aliphatic heterocycles. The topological polar surface area (TPSA) is 99.6 Å². The van der Waals surface area contributed by atoms with Gasteiger partial charge in [-0.15, -0.1) is 0 Å². The molecule has 0 aliphatic rings. The van der Waals surface area contributed by atoms with E-state index in [4.69, 9.17) is 14.2 Å². The quantitative estimate of drug-likeness (QED) is 0.603. The van der Waals surface area contributed by atoms with Gasteiger partial charge >= 0.3 is 0 Å². The first-order chi connectivity index (χ1) is 13.9.